The van der Waals surface area contributed by atoms with Gasteiger partial charge in [0.2, 0.25) is 5.91 Å². The number of hydrogen-bond donors (Lipinski definition) is 0. The summed E-state index contributed by atoms with van der Waals surface area (Å²) in [5.74, 6) is 0.452. The zero-order valence-electron chi connectivity index (χ0n) is 14.8. The molecule has 0 atom stereocenters. The van der Waals surface area contributed by atoms with Gasteiger partial charge in [0.25, 0.3) is 5.91 Å². The van der Waals surface area contributed by atoms with Crippen LogP contribution in [0.1, 0.15) is 36.9 Å². The van der Waals surface area contributed by atoms with E-state index in [1.54, 1.807) is 4.90 Å². The number of rotatable bonds is 1. The maximum atomic E-state index is 12.8. The Morgan fingerprint density at radius 3 is 2.17 bits per heavy atom. The largest absolute Gasteiger partial charge is 0.451 e. The Hall–Kier alpha value is -2.30. The Labute approximate surface area is 142 Å². The van der Waals surface area contributed by atoms with Crippen molar-refractivity contribution in [2.24, 2.45) is 5.41 Å². The molecule has 24 heavy (non-hydrogen) atoms. The summed E-state index contributed by atoms with van der Waals surface area (Å²) in [7, 11) is 0. The number of hydrogen-bond acceptors (Lipinski definition) is 3. The van der Waals surface area contributed by atoms with Gasteiger partial charge >= 0.3 is 0 Å². The van der Waals surface area contributed by atoms with Crippen molar-refractivity contribution in [3.8, 4) is 0 Å². The van der Waals surface area contributed by atoms with Crippen molar-refractivity contribution >= 4 is 22.8 Å². The van der Waals surface area contributed by atoms with Crippen molar-refractivity contribution in [2.75, 3.05) is 26.2 Å². The number of carbonyl (C=O) groups is 2. The minimum absolute atomic E-state index is 0.0912. The average molecular weight is 328 g/mol. The quantitative estimate of drug-likeness (QED) is 0.808. The van der Waals surface area contributed by atoms with Gasteiger partial charge in [0.1, 0.15) is 5.58 Å². The van der Waals surface area contributed by atoms with Crippen LogP contribution < -0.4 is 0 Å². The lowest BCUT2D eigenvalue weighted by Gasteiger charge is -2.37. The van der Waals surface area contributed by atoms with Gasteiger partial charge in [-0.15, -0.1) is 0 Å². The van der Waals surface area contributed by atoms with Crippen LogP contribution in [0.2, 0.25) is 0 Å². The first kappa shape index (κ1) is 16.6. The summed E-state index contributed by atoms with van der Waals surface area (Å²) >= 11 is 0. The second kappa shape index (κ2) is 5.96. The van der Waals surface area contributed by atoms with Crippen molar-refractivity contribution in [3.05, 3.63) is 35.6 Å². The Morgan fingerprint density at radius 2 is 1.58 bits per heavy atom. The Morgan fingerprint density at radius 1 is 1.00 bits per heavy atom. The second-order valence-corrected chi connectivity index (χ2v) is 7.39. The van der Waals surface area contributed by atoms with E-state index in [2.05, 4.69) is 0 Å². The lowest BCUT2D eigenvalue weighted by molar-refractivity contribution is -0.140. The molecule has 0 unspecified atom stereocenters. The number of benzene rings is 1. The minimum atomic E-state index is -0.387. The molecule has 2 heterocycles. The van der Waals surface area contributed by atoms with Crippen molar-refractivity contribution in [1.29, 1.82) is 0 Å². The summed E-state index contributed by atoms with van der Waals surface area (Å²) in [6.07, 6.45) is 0. The first-order valence-corrected chi connectivity index (χ1v) is 8.36. The first-order valence-electron chi connectivity index (χ1n) is 8.36. The van der Waals surface area contributed by atoms with E-state index in [1.807, 2.05) is 56.9 Å². The number of aryl methyl sites for hydroxylation is 1. The molecule has 1 aromatic carbocycles. The average Bonchev–Trinajstić information content (AvgIpc) is 2.90. The van der Waals surface area contributed by atoms with E-state index >= 15 is 0 Å². The lowest BCUT2D eigenvalue weighted by atomic mass is 9.94. The molecule has 1 aliphatic rings. The molecule has 2 amide bonds. The van der Waals surface area contributed by atoms with E-state index < -0.39 is 0 Å². The predicted molar refractivity (Wildman–Crippen MR) is 92.9 cm³/mol. The van der Waals surface area contributed by atoms with Crippen molar-refractivity contribution < 1.29 is 14.0 Å². The van der Waals surface area contributed by atoms with Crippen LogP contribution in [0.4, 0.5) is 0 Å². The van der Waals surface area contributed by atoms with Crippen LogP contribution in [-0.2, 0) is 4.79 Å². The number of para-hydroxylation sites is 1. The molecule has 5 heteroatoms. The predicted octanol–water partition coefficient (Wildman–Crippen LogP) is 3.07. The van der Waals surface area contributed by atoms with Gasteiger partial charge in [-0.1, -0.05) is 39.0 Å². The summed E-state index contributed by atoms with van der Waals surface area (Å²) in [4.78, 5) is 28.8. The maximum absolute atomic E-state index is 12.8. The third kappa shape index (κ3) is 2.90. The van der Waals surface area contributed by atoms with Gasteiger partial charge in [-0.2, -0.15) is 0 Å². The molecule has 0 bridgehead atoms. The number of furan rings is 1. The van der Waals surface area contributed by atoms with Crippen LogP contribution >= 0.6 is 0 Å². The van der Waals surface area contributed by atoms with Gasteiger partial charge in [0, 0.05) is 42.5 Å². The number of carbonyl (C=O) groups excluding carboxylic acids is 2. The van der Waals surface area contributed by atoms with Crippen molar-refractivity contribution in [3.63, 3.8) is 0 Å². The summed E-state index contributed by atoms with van der Waals surface area (Å²) < 4.78 is 5.77. The standard InChI is InChI=1S/C19H24N2O3/c1-13-14-7-5-6-8-15(14)24-16(13)17(22)20-9-11-21(12-10-20)18(23)19(2,3)4/h5-8H,9-12H2,1-4H3. The van der Waals surface area contributed by atoms with Crippen LogP contribution in [0.5, 0.6) is 0 Å². The normalized spacial score (nSPS) is 15.8. The van der Waals surface area contributed by atoms with Gasteiger partial charge in [0.15, 0.2) is 5.76 Å². The fourth-order valence-corrected chi connectivity index (χ4v) is 3.11. The lowest BCUT2D eigenvalue weighted by Crippen LogP contribution is -2.53. The SMILES string of the molecule is Cc1c(C(=O)N2CCN(C(=O)C(C)(C)C)CC2)oc2ccccc12. The van der Waals surface area contributed by atoms with Crippen LogP contribution in [-0.4, -0.2) is 47.8 Å². The van der Waals surface area contributed by atoms with E-state index in [1.165, 1.54) is 0 Å². The van der Waals surface area contributed by atoms with Crippen LogP contribution in [0.3, 0.4) is 0 Å². The highest BCUT2D eigenvalue weighted by molar-refractivity contribution is 5.99. The van der Waals surface area contributed by atoms with Crippen molar-refractivity contribution in [2.45, 2.75) is 27.7 Å². The zero-order valence-corrected chi connectivity index (χ0v) is 14.8. The van der Waals surface area contributed by atoms with Gasteiger partial charge in [-0.3, -0.25) is 9.59 Å². The maximum Gasteiger partial charge on any atom is 0.290 e. The molecule has 0 radical (unpaired) electrons. The Bertz CT molecular complexity index is 777. The van der Waals surface area contributed by atoms with Crippen LogP contribution in [0.15, 0.2) is 28.7 Å². The summed E-state index contributed by atoms with van der Waals surface area (Å²) in [6.45, 7) is 9.90. The molecule has 1 aliphatic heterocycles. The highest BCUT2D eigenvalue weighted by Gasteiger charge is 2.32. The molecular formula is C19H24N2O3. The van der Waals surface area contributed by atoms with Crippen LogP contribution in [0.25, 0.3) is 11.0 Å². The molecule has 0 spiro atoms. The molecule has 2 aromatic rings. The topological polar surface area (TPSA) is 53.8 Å². The highest BCUT2D eigenvalue weighted by Crippen LogP contribution is 2.26. The molecule has 128 valence electrons. The van der Waals surface area contributed by atoms with E-state index in [4.69, 9.17) is 4.42 Å². The molecular weight excluding hydrogens is 304 g/mol. The molecule has 3 rings (SSSR count). The van der Waals surface area contributed by atoms with E-state index in [9.17, 15) is 9.59 Å². The monoisotopic (exact) mass is 328 g/mol. The first-order chi connectivity index (χ1) is 11.3. The van der Waals surface area contributed by atoms with Gasteiger partial charge in [-0.05, 0) is 13.0 Å². The molecule has 1 aromatic heterocycles. The van der Waals surface area contributed by atoms with Crippen LogP contribution in [0, 0.1) is 12.3 Å². The molecule has 1 fully saturated rings. The molecule has 5 nitrogen and oxygen atoms in total. The third-order valence-electron chi connectivity index (χ3n) is 4.53. The summed E-state index contributed by atoms with van der Waals surface area (Å²) in [5.41, 5.74) is 1.23. The molecule has 1 saturated heterocycles. The second-order valence-electron chi connectivity index (χ2n) is 7.39. The highest BCUT2D eigenvalue weighted by atomic mass is 16.3. The van der Waals surface area contributed by atoms with Gasteiger partial charge in [-0.25, -0.2) is 0 Å². The van der Waals surface area contributed by atoms with Gasteiger partial charge < -0.3 is 14.2 Å². The zero-order chi connectivity index (χ0) is 17.5. The number of piperazine rings is 1. The van der Waals surface area contributed by atoms with E-state index in [-0.39, 0.29) is 17.2 Å². The molecule has 0 saturated carbocycles. The fraction of sp³-hybridized carbons (Fsp3) is 0.474. The van der Waals surface area contributed by atoms with E-state index in [0.717, 1.165) is 16.5 Å². The Balaban J connectivity index is 1.73. The molecule has 0 N–H and O–H groups in total. The molecule has 0 aliphatic carbocycles. The Kier molecular flexibility index (Phi) is 4.11. The smallest absolute Gasteiger partial charge is 0.290 e. The van der Waals surface area contributed by atoms with E-state index in [0.29, 0.717) is 31.9 Å². The van der Waals surface area contributed by atoms with Crippen molar-refractivity contribution in [1.82, 2.24) is 9.80 Å². The summed E-state index contributed by atoms with van der Waals surface area (Å²) in [5, 5.41) is 0.974. The number of fused-ring (bicyclic) bond motifs is 1. The number of nitrogens with zero attached hydrogens (tertiary/aromatic N) is 2. The number of amides is 2. The fourth-order valence-electron chi connectivity index (χ4n) is 3.11. The van der Waals surface area contributed by atoms with Gasteiger partial charge in [0.05, 0.1) is 0 Å². The summed E-state index contributed by atoms with van der Waals surface area (Å²) in [6, 6.07) is 7.68. The third-order valence-corrected chi connectivity index (χ3v) is 4.53. The minimum Gasteiger partial charge on any atom is -0.451 e.